The Kier molecular flexibility index (Phi) is 3.78. The Balaban J connectivity index is 1.26. The molecule has 1 saturated heterocycles. The zero-order valence-electron chi connectivity index (χ0n) is 14.8. The lowest BCUT2D eigenvalue weighted by atomic mass is 10.2. The van der Waals surface area contributed by atoms with Crippen LogP contribution in [0.1, 0.15) is 5.69 Å². The average molecular weight is 382 g/mol. The van der Waals surface area contributed by atoms with Crippen molar-refractivity contribution in [1.82, 2.24) is 34.0 Å². The van der Waals surface area contributed by atoms with Crippen LogP contribution in [0.4, 0.5) is 5.82 Å². The number of aryl methyl sites for hydroxylation is 1. The number of carbonyl (C=O) groups excluding carboxylic acids is 1. The number of hydrogen-bond acceptors (Lipinski definition) is 7. The zero-order valence-corrected chi connectivity index (χ0v) is 15.6. The van der Waals surface area contributed by atoms with Crippen molar-refractivity contribution in [2.24, 2.45) is 7.05 Å². The summed E-state index contributed by atoms with van der Waals surface area (Å²) in [5.74, 6) is 1.00. The molecular weight excluding hydrogens is 364 g/mol. The molecule has 1 fully saturated rings. The minimum atomic E-state index is 0.120. The van der Waals surface area contributed by atoms with Crippen LogP contribution in [0, 0.1) is 0 Å². The second kappa shape index (κ2) is 6.31. The van der Waals surface area contributed by atoms with Gasteiger partial charge in [-0.1, -0.05) is 0 Å². The van der Waals surface area contributed by atoms with E-state index in [9.17, 15) is 4.79 Å². The lowest BCUT2D eigenvalue weighted by Gasteiger charge is -2.35. The predicted molar refractivity (Wildman–Crippen MR) is 102 cm³/mol. The second-order valence-corrected chi connectivity index (χ2v) is 7.45. The summed E-state index contributed by atoms with van der Waals surface area (Å²) in [5.41, 5.74) is 1.64. The Hall–Kier alpha value is -3.01. The molecule has 5 rings (SSSR count). The van der Waals surface area contributed by atoms with Gasteiger partial charge in [0.05, 0.1) is 23.7 Å². The number of anilines is 1. The summed E-state index contributed by atoms with van der Waals surface area (Å²) >= 11 is 1.57. The molecule has 0 spiro atoms. The maximum atomic E-state index is 12.6. The van der Waals surface area contributed by atoms with E-state index in [0.29, 0.717) is 19.5 Å². The number of aromatic nitrogens is 6. The van der Waals surface area contributed by atoms with E-state index in [0.717, 1.165) is 40.6 Å². The van der Waals surface area contributed by atoms with Gasteiger partial charge in [0.25, 0.3) is 0 Å². The standard InChI is InChI=1S/C17H18N8OS/c1-22-15-13(9-20-22)16(19-11-18-15)24-4-2-23(3-5-24)14(26)8-12-10-25-6-7-27-17(25)21-12/h6-7,9-11H,2-5,8H2,1H3. The van der Waals surface area contributed by atoms with Crippen LogP contribution in [0.15, 0.2) is 30.3 Å². The lowest BCUT2D eigenvalue weighted by Crippen LogP contribution is -2.49. The molecule has 1 amide bonds. The fraction of sp³-hybridized carbons (Fsp3) is 0.353. The van der Waals surface area contributed by atoms with Crippen LogP contribution >= 0.6 is 11.3 Å². The van der Waals surface area contributed by atoms with Gasteiger partial charge in [0.1, 0.15) is 12.1 Å². The van der Waals surface area contributed by atoms with Crippen LogP contribution in [0.2, 0.25) is 0 Å². The van der Waals surface area contributed by atoms with Gasteiger partial charge in [-0.3, -0.25) is 13.9 Å². The lowest BCUT2D eigenvalue weighted by molar-refractivity contribution is -0.130. The Morgan fingerprint density at radius 1 is 1.22 bits per heavy atom. The van der Waals surface area contributed by atoms with E-state index in [1.54, 1.807) is 28.5 Å². The average Bonchev–Trinajstić information content (AvgIpc) is 3.37. The summed E-state index contributed by atoms with van der Waals surface area (Å²) < 4.78 is 3.70. The SMILES string of the molecule is Cn1ncc2c(N3CCN(C(=O)Cc4cn5ccsc5n4)CC3)ncnc21. The first-order valence-electron chi connectivity index (χ1n) is 8.75. The number of nitrogens with zero attached hydrogens (tertiary/aromatic N) is 8. The van der Waals surface area contributed by atoms with E-state index >= 15 is 0 Å². The first kappa shape index (κ1) is 16.2. The van der Waals surface area contributed by atoms with E-state index < -0.39 is 0 Å². The van der Waals surface area contributed by atoms with Crippen LogP contribution in [-0.4, -0.2) is 66.1 Å². The minimum Gasteiger partial charge on any atom is -0.352 e. The number of hydrogen-bond donors (Lipinski definition) is 0. The maximum Gasteiger partial charge on any atom is 0.228 e. The van der Waals surface area contributed by atoms with Gasteiger partial charge in [0.15, 0.2) is 10.6 Å². The molecule has 138 valence electrons. The van der Waals surface area contributed by atoms with Crippen LogP contribution < -0.4 is 4.90 Å². The third-order valence-corrected chi connectivity index (χ3v) is 5.69. The quantitative estimate of drug-likeness (QED) is 0.525. The normalized spacial score (nSPS) is 15.1. The molecule has 4 aromatic rings. The van der Waals surface area contributed by atoms with Gasteiger partial charge in [-0.2, -0.15) is 5.10 Å². The van der Waals surface area contributed by atoms with Crippen LogP contribution in [0.25, 0.3) is 16.0 Å². The summed E-state index contributed by atoms with van der Waals surface area (Å²) in [4.78, 5) is 30.9. The van der Waals surface area contributed by atoms with E-state index in [4.69, 9.17) is 0 Å². The molecule has 0 N–H and O–H groups in total. The van der Waals surface area contributed by atoms with Gasteiger partial charge in [0, 0.05) is 51.0 Å². The fourth-order valence-electron chi connectivity index (χ4n) is 3.50. The molecular formula is C17H18N8OS. The summed E-state index contributed by atoms with van der Waals surface area (Å²) in [6.07, 6.45) is 7.60. The van der Waals surface area contributed by atoms with Crippen LogP contribution in [0.3, 0.4) is 0 Å². The number of piperazine rings is 1. The minimum absolute atomic E-state index is 0.120. The van der Waals surface area contributed by atoms with Crippen molar-refractivity contribution >= 4 is 39.1 Å². The number of fused-ring (bicyclic) bond motifs is 2. The molecule has 0 radical (unpaired) electrons. The molecule has 27 heavy (non-hydrogen) atoms. The highest BCUT2D eigenvalue weighted by molar-refractivity contribution is 7.15. The molecule has 5 heterocycles. The van der Waals surface area contributed by atoms with Crippen molar-refractivity contribution < 1.29 is 4.79 Å². The maximum absolute atomic E-state index is 12.6. The van der Waals surface area contributed by atoms with E-state index in [-0.39, 0.29) is 5.91 Å². The Morgan fingerprint density at radius 3 is 2.89 bits per heavy atom. The van der Waals surface area contributed by atoms with Gasteiger partial charge < -0.3 is 9.80 Å². The van der Waals surface area contributed by atoms with E-state index in [1.807, 2.05) is 34.1 Å². The highest BCUT2D eigenvalue weighted by Gasteiger charge is 2.24. The number of imidazole rings is 1. The largest absolute Gasteiger partial charge is 0.352 e. The van der Waals surface area contributed by atoms with Gasteiger partial charge >= 0.3 is 0 Å². The molecule has 1 aliphatic rings. The molecule has 0 aromatic carbocycles. The molecule has 0 aliphatic carbocycles. The van der Waals surface area contributed by atoms with Crippen molar-refractivity contribution in [3.63, 3.8) is 0 Å². The molecule has 4 aromatic heterocycles. The van der Waals surface area contributed by atoms with Crippen molar-refractivity contribution in [2.75, 3.05) is 31.1 Å². The molecule has 0 saturated carbocycles. The van der Waals surface area contributed by atoms with Gasteiger partial charge in [-0.25, -0.2) is 15.0 Å². The number of rotatable bonds is 3. The molecule has 0 bridgehead atoms. The first-order valence-corrected chi connectivity index (χ1v) is 9.63. The predicted octanol–water partition coefficient (Wildman–Crippen LogP) is 0.964. The molecule has 10 heteroatoms. The monoisotopic (exact) mass is 382 g/mol. The van der Waals surface area contributed by atoms with E-state index in [2.05, 4.69) is 25.0 Å². The van der Waals surface area contributed by atoms with Crippen LogP contribution in [0.5, 0.6) is 0 Å². The van der Waals surface area contributed by atoms with Gasteiger partial charge in [-0.15, -0.1) is 11.3 Å². The fourth-order valence-corrected chi connectivity index (χ4v) is 4.22. The highest BCUT2D eigenvalue weighted by atomic mass is 32.1. The summed E-state index contributed by atoms with van der Waals surface area (Å²) in [7, 11) is 1.87. The third-order valence-electron chi connectivity index (χ3n) is 4.92. The highest BCUT2D eigenvalue weighted by Crippen LogP contribution is 2.23. The zero-order chi connectivity index (χ0) is 18.4. The third kappa shape index (κ3) is 2.81. The molecule has 1 aliphatic heterocycles. The summed E-state index contributed by atoms with van der Waals surface area (Å²) in [5, 5.41) is 7.20. The van der Waals surface area contributed by atoms with Crippen molar-refractivity contribution in [2.45, 2.75) is 6.42 Å². The summed E-state index contributed by atoms with van der Waals surface area (Å²) in [6.45, 7) is 2.83. The smallest absolute Gasteiger partial charge is 0.228 e. The Morgan fingerprint density at radius 2 is 2.07 bits per heavy atom. The number of amides is 1. The van der Waals surface area contributed by atoms with Gasteiger partial charge in [0.2, 0.25) is 5.91 Å². The van der Waals surface area contributed by atoms with Crippen molar-refractivity contribution in [1.29, 1.82) is 0 Å². The van der Waals surface area contributed by atoms with Crippen LogP contribution in [-0.2, 0) is 18.3 Å². The molecule has 0 unspecified atom stereocenters. The second-order valence-electron chi connectivity index (χ2n) is 6.57. The Labute approximate surface area is 158 Å². The molecule has 0 atom stereocenters. The first-order chi connectivity index (χ1) is 13.2. The topological polar surface area (TPSA) is 84.5 Å². The van der Waals surface area contributed by atoms with E-state index in [1.165, 1.54) is 0 Å². The molecule has 9 nitrogen and oxygen atoms in total. The van der Waals surface area contributed by atoms with Crippen molar-refractivity contribution in [3.05, 3.63) is 36.0 Å². The number of thiazole rings is 1. The Bertz CT molecular complexity index is 1090. The number of carbonyl (C=O) groups is 1. The van der Waals surface area contributed by atoms with Gasteiger partial charge in [-0.05, 0) is 0 Å². The summed E-state index contributed by atoms with van der Waals surface area (Å²) in [6, 6.07) is 0. The van der Waals surface area contributed by atoms with Crippen molar-refractivity contribution in [3.8, 4) is 0 Å².